The van der Waals surface area contributed by atoms with Gasteiger partial charge in [0.2, 0.25) is 0 Å². The van der Waals surface area contributed by atoms with Crippen LogP contribution in [0.2, 0.25) is 0 Å². The Hall–Kier alpha value is -1.08. The van der Waals surface area contributed by atoms with Gasteiger partial charge in [-0.3, -0.25) is 4.90 Å². The fourth-order valence-corrected chi connectivity index (χ4v) is 4.23. The van der Waals surface area contributed by atoms with Crippen LogP contribution in [0.15, 0.2) is 34.2 Å². The molecule has 118 valence electrons. The summed E-state index contributed by atoms with van der Waals surface area (Å²) in [6, 6.07) is 8.61. The number of thioether (sulfide) groups is 1. The van der Waals surface area contributed by atoms with Gasteiger partial charge in [0.15, 0.2) is 5.50 Å². The molecule has 1 aromatic rings. The molecule has 6 heteroatoms. The minimum atomic E-state index is 0.164. The van der Waals surface area contributed by atoms with E-state index in [2.05, 4.69) is 34.1 Å². The smallest absolute Gasteiger partial charge is 0.156 e. The quantitative estimate of drug-likeness (QED) is 0.784. The third-order valence-electron chi connectivity index (χ3n) is 4.26. The number of ether oxygens (including phenoxy) is 2. The van der Waals surface area contributed by atoms with Crippen molar-refractivity contribution in [3.05, 3.63) is 29.8 Å². The van der Waals surface area contributed by atoms with Gasteiger partial charge in [0.1, 0.15) is 5.84 Å². The van der Waals surface area contributed by atoms with E-state index in [-0.39, 0.29) is 5.50 Å². The molecule has 0 aromatic heterocycles. The molecule has 3 aliphatic rings. The molecule has 3 aliphatic heterocycles. The van der Waals surface area contributed by atoms with Gasteiger partial charge in [0.05, 0.1) is 26.4 Å². The normalized spacial score (nSPS) is 26.5. The number of benzene rings is 1. The van der Waals surface area contributed by atoms with Crippen LogP contribution in [0.25, 0.3) is 0 Å². The van der Waals surface area contributed by atoms with Crippen molar-refractivity contribution >= 4 is 17.6 Å². The first-order valence-corrected chi connectivity index (χ1v) is 8.78. The van der Waals surface area contributed by atoms with Gasteiger partial charge in [-0.05, 0) is 6.07 Å². The Bertz CT molecular complexity index is 554. The van der Waals surface area contributed by atoms with E-state index in [0.29, 0.717) is 0 Å². The highest BCUT2D eigenvalue weighted by molar-refractivity contribution is 8.00. The molecule has 0 saturated carbocycles. The molecule has 1 aromatic carbocycles. The van der Waals surface area contributed by atoms with Gasteiger partial charge in [-0.25, -0.2) is 4.99 Å². The predicted molar refractivity (Wildman–Crippen MR) is 87.4 cm³/mol. The highest BCUT2D eigenvalue weighted by Crippen LogP contribution is 2.35. The highest BCUT2D eigenvalue weighted by Gasteiger charge is 2.30. The average molecular weight is 319 g/mol. The van der Waals surface area contributed by atoms with Gasteiger partial charge in [0, 0.05) is 36.6 Å². The SMILES string of the molecule is c1ccc2c(c1)SC(N1CCOCC1)N=C2N1CCOCC1. The molecular weight excluding hydrogens is 298 g/mol. The van der Waals surface area contributed by atoms with Crippen LogP contribution in [-0.2, 0) is 9.47 Å². The van der Waals surface area contributed by atoms with E-state index in [9.17, 15) is 0 Å². The number of hydrogen-bond acceptors (Lipinski definition) is 6. The van der Waals surface area contributed by atoms with Crippen LogP contribution in [0.4, 0.5) is 0 Å². The third kappa shape index (κ3) is 2.88. The standard InChI is InChI=1S/C16H21N3O2S/c1-2-4-14-13(3-1)15(18-5-9-20-10-6-18)17-16(22-14)19-7-11-21-12-8-19/h1-4,16H,5-12H2. The van der Waals surface area contributed by atoms with Crippen LogP contribution in [0.1, 0.15) is 5.56 Å². The summed E-state index contributed by atoms with van der Waals surface area (Å²) in [5.41, 5.74) is 1.43. The second-order valence-corrected chi connectivity index (χ2v) is 6.74. The lowest BCUT2D eigenvalue weighted by molar-refractivity contribution is 0.0331. The van der Waals surface area contributed by atoms with E-state index in [4.69, 9.17) is 14.5 Å². The molecule has 1 atom stereocenters. The number of fused-ring (bicyclic) bond motifs is 1. The summed E-state index contributed by atoms with van der Waals surface area (Å²) in [5.74, 6) is 1.13. The number of rotatable bonds is 1. The van der Waals surface area contributed by atoms with Crippen LogP contribution in [0, 0.1) is 0 Å². The van der Waals surface area contributed by atoms with Crippen LogP contribution in [0.5, 0.6) is 0 Å². The average Bonchev–Trinajstić information content (AvgIpc) is 2.62. The summed E-state index contributed by atoms with van der Waals surface area (Å²) in [6.45, 7) is 6.95. The number of hydrogen-bond donors (Lipinski definition) is 0. The second-order valence-electron chi connectivity index (χ2n) is 5.64. The molecule has 5 nitrogen and oxygen atoms in total. The molecule has 0 spiro atoms. The molecule has 4 rings (SSSR count). The summed E-state index contributed by atoms with van der Waals surface area (Å²) in [5, 5.41) is 0. The van der Waals surface area contributed by atoms with Gasteiger partial charge in [-0.1, -0.05) is 30.0 Å². The van der Waals surface area contributed by atoms with E-state index >= 15 is 0 Å². The van der Waals surface area contributed by atoms with Crippen molar-refractivity contribution in [1.82, 2.24) is 9.80 Å². The van der Waals surface area contributed by atoms with Crippen molar-refractivity contribution in [2.45, 2.75) is 10.4 Å². The van der Waals surface area contributed by atoms with E-state index in [0.717, 1.165) is 58.4 Å². The second kappa shape index (κ2) is 6.58. The van der Waals surface area contributed by atoms with Gasteiger partial charge >= 0.3 is 0 Å². The Labute approximate surface area is 135 Å². The van der Waals surface area contributed by atoms with E-state index in [1.54, 1.807) is 0 Å². The van der Waals surface area contributed by atoms with Gasteiger partial charge < -0.3 is 14.4 Å². The van der Waals surface area contributed by atoms with Crippen LogP contribution < -0.4 is 0 Å². The van der Waals surface area contributed by atoms with E-state index in [1.807, 2.05) is 11.8 Å². The van der Waals surface area contributed by atoms with Crippen molar-refractivity contribution in [3.8, 4) is 0 Å². The highest BCUT2D eigenvalue weighted by atomic mass is 32.2. The van der Waals surface area contributed by atoms with Gasteiger partial charge in [-0.2, -0.15) is 0 Å². The van der Waals surface area contributed by atoms with Crippen molar-refractivity contribution in [2.75, 3.05) is 52.6 Å². The van der Waals surface area contributed by atoms with Crippen molar-refractivity contribution in [2.24, 2.45) is 4.99 Å². The largest absolute Gasteiger partial charge is 0.379 e. The maximum absolute atomic E-state index is 5.49. The topological polar surface area (TPSA) is 37.3 Å². The maximum Gasteiger partial charge on any atom is 0.156 e. The van der Waals surface area contributed by atoms with Crippen molar-refractivity contribution in [3.63, 3.8) is 0 Å². The number of morpholine rings is 2. The fourth-order valence-electron chi connectivity index (χ4n) is 3.05. The Morgan fingerprint density at radius 1 is 0.955 bits per heavy atom. The molecular formula is C16H21N3O2S. The molecule has 0 bridgehead atoms. The minimum absolute atomic E-state index is 0.164. The molecule has 2 fully saturated rings. The molecule has 0 amide bonds. The third-order valence-corrected chi connectivity index (χ3v) is 5.49. The molecule has 0 aliphatic carbocycles. The molecule has 22 heavy (non-hydrogen) atoms. The van der Waals surface area contributed by atoms with Crippen molar-refractivity contribution < 1.29 is 9.47 Å². The Morgan fingerprint density at radius 2 is 1.64 bits per heavy atom. The van der Waals surface area contributed by atoms with Gasteiger partial charge in [-0.15, -0.1) is 0 Å². The lowest BCUT2D eigenvalue weighted by atomic mass is 10.1. The molecule has 0 radical (unpaired) electrons. The Kier molecular flexibility index (Phi) is 4.34. The molecule has 0 N–H and O–H groups in total. The lowest BCUT2D eigenvalue weighted by Gasteiger charge is -2.38. The first kappa shape index (κ1) is 14.5. The van der Waals surface area contributed by atoms with Crippen LogP contribution in [-0.4, -0.2) is 73.7 Å². The molecule has 3 heterocycles. The van der Waals surface area contributed by atoms with Gasteiger partial charge in [0.25, 0.3) is 0 Å². The minimum Gasteiger partial charge on any atom is -0.379 e. The molecule has 1 unspecified atom stereocenters. The fraction of sp³-hybridized carbons (Fsp3) is 0.562. The number of nitrogens with zero attached hydrogens (tertiary/aromatic N) is 3. The summed E-state index contributed by atoms with van der Waals surface area (Å²) in [7, 11) is 0. The first-order chi connectivity index (χ1) is 10.9. The zero-order valence-electron chi connectivity index (χ0n) is 12.6. The zero-order chi connectivity index (χ0) is 14.8. The van der Waals surface area contributed by atoms with E-state index in [1.165, 1.54) is 10.5 Å². The van der Waals surface area contributed by atoms with E-state index < -0.39 is 0 Å². The predicted octanol–water partition coefficient (Wildman–Crippen LogP) is 1.49. The monoisotopic (exact) mass is 319 g/mol. The first-order valence-electron chi connectivity index (χ1n) is 7.90. The summed E-state index contributed by atoms with van der Waals surface area (Å²) in [4.78, 5) is 11.2. The summed E-state index contributed by atoms with van der Waals surface area (Å²) in [6.07, 6.45) is 0. The molecule has 2 saturated heterocycles. The number of amidine groups is 1. The summed E-state index contributed by atoms with van der Waals surface area (Å²) >= 11 is 1.86. The Balaban J connectivity index is 1.65. The Morgan fingerprint density at radius 3 is 2.41 bits per heavy atom. The lowest BCUT2D eigenvalue weighted by Crippen LogP contribution is -2.46. The maximum atomic E-state index is 5.49. The van der Waals surface area contributed by atoms with Crippen molar-refractivity contribution in [1.29, 1.82) is 0 Å². The van der Waals surface area contributed by atoms with Crippen LogP contribution >= 0.6 is 11.8 Å². The summed E-state index contributed by atoms with van der Waals surface area (Å²) < 4.78 is 11.0. The zero-order valence-corrected chi connectivity index (χ0v) is 13.4. The van der Waals surface area contributed by atoms with Crippen LogP contribution in [0.3, 0.4) is 0 Å². The number of aliphatic imine (C=N–C) groups is 1.